The van der Waals surface area contributed by atoms with Gasteiger partial charge < -0.3 is 9.64 Å². The number of aryl methyl sites for hydroxylation is 1. The number of allylic oxidation sites excluding steroid dienone is 1. The Labute approximate surface area is 218 Å². The molecule has 0 N–H and O–H groups in total. The number of sulfonamides is 1. The van der Waals surface area contributed by atoms with Crippen LogP contribution in [0.3, 0.4) is 0 Å². The van der Waals surface area contributed by atoms with Crippen molar-refractivity contribution in [3.63, 3.8) is 0 Å². The number of anilines is 1. The number of halogens is 3. The van der Waals surface area contributed by atoms with Crippen molar-refractivity contribution >= 4 is 16.0 Å². The summed E-state index contributed by atoms with van der Waals surface area (Å²) in [6, 6.07) is 0. The zero-order valence-corrected chi connectivity index (χ0v) is 22.4. The molecular weight excluding hydrogens is 505 g/mol. The molecule has 0 bridgehead atoms. The topological polar surface area (TPSA) is 75.6 Å². The lowest BCUT2D eigenvalue weighted by atomic mass is 9.71. The van der Waals surface area contributed by atoms with Crippen LogP contribution in [-0.4, -0.2) is 74.0 Å². The normalized spacial score (nSPS) is 24.4. The summed E-state index contributed by atoms with van der Waals surface area (Å²) in [6.45, 7) is 5.83. The Hall–Kier alpha value is -1.72. The van der Waals surface area contributed by atoms with E-state index < -0.39 is 28.4 Å². The third kappa shape index (κ3) is 7.89. The first kappa shape index (κ1) is 28.3. The lowest BCUT2D eigenvalue weighted by molar-refractivity contribution is -0.130. The van der Waals surface area contributed by atoms with Crippen LogP contribution in [0.5, 0.6) is 0 Å². The summed E-state index contributed by atoms with van der Waals surface area (Å²) < 4.78 is 68.9. The molecule has 2 atom stereocenters. The van der Waals surface area contributed by atoms with E-state index in [1.807, 2.05) is 12.4 Å². The molecule has 1 aliphatic carbocycles. The van der Waals surface area contributed by atoms with Gasteiger partial charge in [0.2, 0.25) is 16.0 Å². The minimum atomic E-state index is -4.46. The number of aromatic nitrogens is 2. The molecule has 1 aromatic rings. The molecule has 0 amide bonds. The molecule has 2 fully saturated rings. The van der Waals surface area contributed by atoms with Crippen LogP contribution >= 0.6 is 0 Å². The summed E-state index contributed by atoms with van der Waals surface area (Å²) in [7, 11) is -3.86. The fourth-order valence-electron chi connectivity index (χ4n) is 5.58. The van der Waals surface area contributed by atoms with Gasteiger partial charge in [0.1, 0.15) is 0 Å². The molecule has 2 aliphatic heterocycles. The first-order chi connectivity index (χ1) is 17.6. The summed E-state index contributed by atoms with van der Waals surface area (Å²) in [5.41, 5.74) is 1.18. The Morgan fingerprint density at radius 1 is 1.00 bits per heavy atom. The van der Waals surface area contributed by atoms with E-state index in [1.165, 1.54) is 9.87 Å². The van der Waals surface area contributed by atoms with Gasteiger partial charge in [-0.15, -0.1) is 0 Å². The number of rotatable bonds is 11. The second-order valence-corrected chi connectivity index (χ2v) is 12.7. The number of alkyl halides is 3. The highest BCUT2D eigenvalue weighted by atomic mass is 32.2. The molecular formula is C26H39F3N4O3S. The fourth-order valence-corrected chi connectivity index (χ4v) is 7.10. The third-order valence-corrected chi connectivity index (χ3v) is 9.82. The molecule has 11 heteroatoms. The van der Waals surface area contributed by atoms with Crippen LogP contribution in [0.2, 0.25) is 0 Å². The smallest absolute Gasteiger partial charge is 0.381 e. The first-order valence-electron chi connectivity index (χ1n) is 13.5. The molecule has 4 rings (SSSR count). The minimum absolute atomic E-state index is 0.239. The van der Waals surface area contributed by atoms with Crippen molar-refractivity contribution in [1.29, 1.82) is 0 Å². The predicted octanol–water partition coefficient (Wildman–Crippen LogP) is 4.46. The average molecular weight is 545 g/mol. The van der Waals surface area contributed by atoms with Crippen LogP contribution < -0.4 is 4.90 Å². The van der Waals surface area contributed by atoms with Gasteiger partial charge >= 0.3 is 6.18 Å². The third-order valence-electron chi connectivity index (χ3n) is 7.95. The van der Waals surface area contributed by atoms with Gasteiger partial charge in [-0.05, 0) is 55.4 Å². The van der Waals surface area contributed by atoms with Crippen molar-refractivity contribution in [3.8, 4) is 0 Å². The van der Waals surface area contributed by atoms with Crippen molar-refractivity contribution in [3.05, 3.63) is 30.1 Å². The fraction of sp³-hybridized carbons (Fsp3) is 0.769. The maximum Gasteiger partial charge on any atom is 0.390 e. The van der Waals surface area contributed by atoms with Crippen LogP contribution in [0.25, 0.3) is 0 Å². The molecule has 37 heavy (non-hydrogen) atoms. The molecule has 3 aliphatic rings. The van der Waals surface area contributed by atoms with Crippen LogP contribution in [-0.2, 0) is 21.2 Å². The SMILES string of the molecule is CCCc1cnc(N2CCC(C3C=CC3COCC3CCN(S(=O)(=O)CCC(F)(F)F)CC3)CC2)nc1. The van der Waals surface area contributed by atoms with Crippen molar-refractivity contribution < 1.29 is 26.3 Å². The number of hydrogen-bond donors (Lipinski definition) is 0. The van der Waals surface area contributed by atoms with Gasteiger partial charge in [-0.3, -0.25) is 0 Å². The molecule has 0 radical (unpaired) electrons. The number of piperidine rings is 2. The number of hydrogen-bond acceptors (Lipinski definition) is 6. The zero-order chi connectivity index (χ0) is 26.5. The molecule has 3 heterocycles. The molecule has 0 spiro atoms. The summed E-state index contributed by atoms with van der Waals surface area (Å²) in [4.78, 5) is 11.4. The van der Waals surface area contributed by atoms with E-state index in [-0.39, 0.29) is 19.0 Å². The average Bonchev–Trinajstić information content (AvgIpc) is 2.86. The van der Waals surface area contributed by atoms with Crippen molar-refractivity contribution in [2.75, 3.05) is 50.0 Å². The molecule has 7 nitrogen and oxygen atoms in total. The van der Waals surface area contributed by atoms with E-state index >= 15 is 0 Å². The monoisotopic (exact) mass is 544 g/mol. The quantitative estimate of drug-likeness (QED) is 0.383. The number of nitrogens with zero attached hydrogens (tertiary/aromatic N) is 4. The van der Waals surface area contributed by atoms with E-state index in [1.54, 1.807) is 0 Å². The standard InChI is InChI=1S/C26H39F3N4O3S/c1-2-3-21-16-30-25(31-17-21)32-11-8-22(9-12-32)24-5-4-23(24)19-36-18-20-6-13-33(14-7-20)37(34,35)15-10-26(27,28)29/h4-5,16-17,20,22-24H,2-3,6-15,18-19H2,1H3. The second-order valence-electron chi connectivity index (χ2n) is 10.7. The van der Waals surface area contributed by atoms with Crippen molar-refractivity contribution in [2.45, 2.75) is 58.0 Å². The van der Waals surface area contributed by atoms with Gasteiger partial charge in [-0.2, -0.15) is 13.2 Å². The van der Waals surface area contributed by atoms with Crippen LogP contribution in [0, 0.1) is 23.7 Å². The maximum absolute atomic E-state index is 12.4. The summed E-state index contributed by atoms with van der Waals surface area (Å²) in [6.07, 6.45) is 8.19. The van der Waals surface area contributed by atoms with E-state index in [9.17, 15) is 21.6 Å². The van der Waals surface area contributed by atoms with Crippen LogP contribution in [0.4, 0.5) is 19.1 Å². The highest BCUT2D eigenvalue weighted by molar-refractivity contribution is 7.89. The van der Waals surface area contributed by atoms with E-state index in [2.05, 4.69) is 33.9 Å². The first-order valence-corrected chi connectivity index (χ1v) is 15.1. The highest BCUT2D eigenvalue weighted by Crippen LogP contribution is 2.38. The predicted molar refractivity (Wildman–Crippen MR) is 137 cm³/mol. The maximum atomic E-state index is 12.4. The molecule has 2 saturated heterocycles. The Bertz CT molecular complexity index is 987. The van der Waals surface area contributed by atoms with Crippen LogP contribution in [0.1, 0.15) is 51.0 Å². The van der Waals surface area contributed by atoms with Gasteiger partial charge in [0, 0.05) is 51.1 Å². The van der Waals surface area contributed by atoms with Crippen molar-refractivity contribution in [2.24, 2.45) is 23.7 Å². The van der Waals surface area contributed by atoms with Gasteiger partial charge in [0.05, 0.1) is 18.8 Å². The van der Waals surface area contributed by atoms with Gasteiger partial charge in [0.15, 0.2) is 0 Å². The lowest BCUT2D eigenvalue weighted by Gasteiger charge is -2.41. The van der Waals surface area contributed by atoms with Gasteiger partial charge in [0.25, 0.3) is 0 Å². The Balaban J connectivity index is 1.13. The summed E-state index contributed by atoms with van der Waals surface area (Å²) in [5.74, 6) is 1.74. The van der Waals surface area contributed by atoms with Gasteiger partial charge in [-0.1, -0.05) is 25.5 Å². The Morgan fingerprint density at radius 3 is 2.24 bits per heavy atom. The second kappa shape index (κ2) is 12.4. The molecule has 0 saturated carbocycles. The molecule has 0 aromatic carbocycles. The van der Waals surface area contributed by atoms with Crippen molar-refractivity contribution in [1.82, 2.24) is 14.3 Å². The Morgan fingerprint density at radius 2 is 1.68 bits per heavy atom. The van der Waals surface area contributed by atoms with E-state index in [0.717, 1.165) is 44.7 Å². The molecule has 208 valence electrons. The minimum Gasteiger partial charge on any atom is -0.381 e. The highest BCUT2D eigenvalue weighted by Gasteiger charge is 2.36. The lowest BCUT2D eigenvalue weighted by Crippen LogP contribution is -2.42. The summed E-state index contributed by atoms with van der Waals surface area (Å²) >= 11 is 0. The van der Waals surface area contributed by atoms with Crippen LogP contribution in [0.15, 0.2) is 24.5 Å². The van der Waals surface area contributed by atoms with E-state index in [0.29, 0.717) is 43.8 Å². The summed E-state index contributed by atoms with van der Waals surface area (Å²) in [5, 5.41) is 0. The molecule has 2 unspecified atom stereocenters. The molecule has 1 aromatic heterocycles. The largest absolute Gasteiger partial charge is 0.390 e. The van der Waals surface area contributed by atoms with E-state index in [4.69, 9.17) is 4.74 Å². The Kier molecular flexibility index (Phi) is 9.50. The number of ether oxygens (including phenoxy) is 1. The zero-order valence-electron chi connectivity index (χ0n) is 21.6. The van der Waals surface area contributed by atoms with Gasteiger partial charge in [-0.25, -0.2) is 22.7 Å².